The fourth-order valence-corrected chi connectivity index (χ4v) is 1.63. The zero-order valence-corrected chi connectivity index (χ0v) is 7.46. The monoisotopic (exact) mass is 170 g/mol. The number of aromatic nitrogens is 1. The van der Waals surface area contributed by atoms with Crippen LogP contribution in [0.25, 0.3) is 10.9 Å². The first kappa shape index (κ1) is 7.88. The predicted molar refractivity (Wildman–Crippen MR) is 52.4 cm³/mol. The van der Waals surface area contributed by atoms with Gasteiger partial charge in [-0.05, 0) is 24.1 Å². The zero-order valence-electron chi connectivity index (χ0n) is 7.46. The van der Waals surface area contributed by atoms with Gasteiger partial charge in [-0.25, -0.2) is 0 Å². The van der Waals surface area contributed by atoms with E-state index in [1.165, 1.54) is 5.56 Å². The lowest BCUT2D eigenvalue weighted by Crippen LogP contribution is -1.80. The van der Waals surface area contributed by atoms with Gasteiger partial charge in [-0.1, -0.05) is 13.0 Å². The summed E-state index contributed by atoms with van der Waals surface area (Å²) < 4.78 is 0. The molecular formula is C11H10N2. The Hall–Kier alpha value is -1.75. The first-order valence-electron chi connectivity index (χ1n) is 4.36. The first-order valence-corrected chi connectivity index (χ1v) is 4.36. The van der Waals surface area contributed by atoms with Gasteiger partial charge in [0.05, 0.1) is 11.6 Å². The van der Waals surface area contributed by atoms with Crippen LogP contribution in [0.3, 0.4) is 0 Å². The van der Waals surface area contributed by atoms with Gasteiger partial charge in [0.25, 0.3) is 0 Å². The highest BCUT2D eigenvalue weighted by Crippen LogP contribution is 2.22. The molecule has 0 saturated carbocycles. The minimum Gasteiger partial charge on any atom is -0.361 e. The van der Waals surface area contributed by atoms with Gasteiger partial charge in [-0.2, -0.15) is 5.26 Å². The molecule has 13 heavy (non-hydrogen) atoms. The van der Waals surface area contributed by atoms with Gasteiger partial charge in [-0.15, -0.1) is 0 Å². The van der Waals surface area contributed by atoms with Crippen molar-refractivity contribution in [2.24, 2.45) is 0 Å². The smallest absolute Gasteiger partial charge is 0.0998 e. The summed E-state index contributed by atoms with van der Waals surface area (Å²) in [5.74, 6) is 0. The van der Waals surface area contributed by atoms with Crippen LogP contribution < -0.4 is 0 Å². The van der Waals surface area contributed by atoms with Gasteiger partial charge in [0.1, 0.15) is 0 Å². The lowest BCUT2D eigenvalue weighted by Gasteiger charge is -1.95. The minimum absolute atomic E-state index is 0.760. The Balaban J connectivity index is 2.85. The standard InChI is InChI=1S/C11H10N2/c1-2-8-7-13-10-5-3-4-9(6-12)11(8)10/h3-5,7,13H,2H2,1H3. The van der Waals surface area contributed by atoms with E-state index in [0.29, 0.717) is 0 Å². The van der Waals surface area contributed by atoms with Crippen molar-refractivity contribution in [3.05, 3.63) is 35.5 Å². The summed E-state index contributed by atoms with van der Waals surface area (Å²) >= 11 is 0. The Morgan fingerprint density at radius 2 is 2.31 bits per heavy atom. The normalized spacial score (nSPS) is 10.2. The zero-order chi connectivity index (χ0) is 9.26. The van der Waals surface area contributed by atoms with Gasteiger partial charge in [0.15, 0.2) is 0 Å². The summed E-state index contributed by atoms with van der Waals surface area (Å²) in [6.07, 6.45) is 2.93. The van der Waals surface area contributed by atoms with E-state index in [0.717, 1.165) is 22.9 Å². The maximum atomic E-state index is 8.91. The number of hydrogen-bond donors (Lipinski definition) is 1. The Bertz CT molecular complexity index is 474. The number of fused-ring (bicyclic) bond motifs is 1. The van der Waals surface area contributed by atoms with E-state index < -0.39 is 0 Å². The quantitative estimate of drug-likeness (QED) is 0.702. The molecule has 0 aliphatic heterocycles. The molecule has 2 aromatic rings. The van der Waals surface area contributed by atoms with Crippen LogP contribution in [-0.2, 0) is 6.42 Å². The average Bonchev–Trinajstić information content (AvgIpc) is 2.60. The molecule has 2 nitrogen and oxygen atoms in total. The molecule has 0 radical (unpaired) electrons. The number of aryl methyl sites for hydroxylation is 1. The van der Waals surface area contributed by atoms with Crippen LogP contribution in [0.4, 0.5) is 0 Å². The molecule has 0 spiro atoms. The highest BCUT2D eigenvalue weighted by Gasteiger charge is 2.05. The van der Waals surface area contributed by atoms with Gasteiger partial charge in [-0.3, -0.25) is 0 Å². The second kappa shape index (κ2) is 2.95. The fourth-order valence-electron chi connectivity index (χ4n) is 1.63. The molecule has 0 aliphatic rings. The van der Waals surface area contributed by atoms with E-state index in [9.17, 15) is 0 Å². The molecule has 2 heteroatoms. The third kappa shape index (κ3) is 1.09. The molecule has 1 N–H and O–H groups in total. The van der Waals surface area contributed by atoms with Crippen molar-refractivity contribution in [3.8, 4) is 6.07 Å². The minimum atomic E-state index is 0.760. The molecule has 1 aromatic heterocycles. The third-order valence-electron chi connectivity index (χ3n) is 2.29. The maximum absolute atomic E-state index is 8.91. The van der Waals surface area contributed by atoms with Gasteiger partial charge >= 0.3 is 0 Å². The lowest BCUT2D eigenvalue weighted by atomic mass is 10.1. The SMILES string of the molecule is CCc1c[nH]c2cccc(C#N)c12. The van der Waals surface area contributed by atoms with E-state index in [4.69, 9.17) is 5.26 Å². The highest BCUT2D eigenvalue weighted by molar-refractivity contribution is 5.88. The second-order valence-electron chi connectivity index (χ2n) is 3.01. The van der Waals surface area contributed by atoms with Crippen molar-refractivity contribution >= 4 is 10.9 Å². The largest absolute Gasteiger partial charge is 0.361 e. The van der Waals surface area contributed by atoms with Crippen molar-refractivity contribution in [3.63, 3.8) is 0 Å². The van der Waals surface area contributed by atoms with E-state index in [-0.39, 0.29) is 0 Å². The summed E-state index contributed by atoms with van der Waals surface area (Å²) in [5, 5.41) is 9.99. The van der Waals surface area contributed by atoms with Crippen LogP contribution in [0.2, 0.25) is 0 Å². The number of nitrogens with one attached hydrogen (secondary N) is 1. The highest BCUT2D eigenvalue weighted by atomic mass is 14.7. The van der Waals surface area contributed by atoms with Crippen LogP contribution in [0, 0.1) is 11.3 Å². The van der Waals surface area contributed by atoms with Crippen molar-refractivity contribution in [2.75, 3.05) is 0 Å². The number of rotatable bonds is 1. The van der Waals surface area contributed by atoms with Crippen LogP contribution in [0.1, 0.15) is 18.1 Å². The molecule has 64 valence electrons. The predicted octanol–water partition coefficient (Wildman–Crippen LogP) is 2.60. The number of H-pyrrole nitrogens is 1. The molecule has 0 bridgehead atoms. The number of aromatic amines is 1. The topological polar surface area (TPSA) is 39.6 Å². The Morgan fingerprint density at radius 3 is 3.00 bits per heavy atom. The molecule has 2 rings (SSSR count). The molecule has 1 aromatic carbocycles. The summed E-state index contributed by atoms with van der Waals surface area (Å²) in [5.41, 5.74) is 3.03. The van der Waals surface area contributed by atoms with Crippen LogP contribution in [0.5, 0.6) is 0 Å². The summed E-state index contributed by atoms with van der Waals surface area (Å²) in [6, 6.07) is 7.96. The number of hydrogen-bond acceptors (Lipinski definition) is 1. The second-order valence-corrected chi connectivity index (χ2v) is 3.01. The third-order valence-corrected chi connectivity index (χ3v) is 2.29. The molecule has 1 heterocycles. The fraction of sp³-hybridized carbons (Fsp3) is 0.182. The van der Waals surface area contributed by atoms with Crippen LogP contribution >= 0.6 is 0 Å². The molecule has 0 amide bonds. The Kier molecular flexibility index (Phi) is 1.79. The molecule has 0 aliphatic carbocycles. The molecule has 0 fully saturated rings. The van der Waals surface area contributed by atoms with Gasteiger partial charge < -0.3 is 4.98 Å². The Morgan fingerprint density at radius 1 is 1.46 bits per heavy atom. The van der Waals surface area contributed by atoms with Gasteiger partial charge in [0, 0.05) is 17.1 Å². The van der Waals surface area contributed by atoms with E-state index in [2.05, 4.69) is 18.0 Å². The summed E-state index contributed by atoms with van der Waals surface area (Å²) in [7, 11) is 0. The van der Waals surface area contributed by atoms with Crippen molar-refractivity contribution in [2.45, 2.75) is 13.3 Å². The van der Waals surface area contributed by atoms with Crippen molar-refractivity contribution in [1.82, 2.24) is 4.98 Å². The average molecular weight is 170 g/mol. The van der Waals surface area contributed by atoms with Crippen LogP contribution in [-0.4, -0.2) is 4.98 Å². The van der Waals surface area contributed by atoms with E-state index in [1.807, 2.05) is 24.4 Å². The van der Waals surface area contributed by atoms with Crippen molar-refractivity contribution < 1.29 is 0 Å². The summed E-state index contributed by atoms with van der Waals surface area (Å²) in [4.78, 5) is 3.16. The first-order chi connectivity index (χ1) is 6.36. The number of nitrogens with zero attached hydrogens (tertiary/aromatic N) is 1. The van der Waals surface area contributed by atoms with Crippen LogP contribution in [0.15, 0.2) is 24.4 Å². The Labute approximate surface area is 76.8 Å². The molecule has 0 saturated heterocycles. The van der Waals surface area contributed by atoms with Crippen molar-refractivity contribution in [1.29, 1.82) is 5.26 Å². The number of nitriles is 1. The molecule has 0 atom stereocenters. The maximum Gasteiger partial charge on any atom is 0.0998 e. The summed E-state index contributed by atoms with van der Waals surface area (Å²) in [6.45, 7) is 2.09. The lowest BCUT2D eigenvalue weighted by molar-refractivity contribution is 1.15. The molecule has 0 unspecified atom stereocenters. The number of benzene rings is 1. The van der Waals surface area contributed by atoms with Gasteiger partial charge in [0.2, 0.25) is 0 Å². The van der Waals surface area contributed by atoms with E-state index in [1.54, 1.807) is 0 Å². The van der Waals surface area contributed by atoms with E-state index >= 15 is 0 Å². The molecular weight excluding hydrogens is 160 g/mol.